The Balaban J connectivity index is 1.96. The Hall–Kier alpha value is -0.540. The summed E-state index contributed by atoms with van der Waals surface area (Å²) < 4.78 is 1.18. The highest BCUT2D eigenvalue weighted by Crippen LogP contribution is 2.22. The number of aryl methyl sites for hydroxylation is 1. The monoisotopic (exact) mass is 282 g/mol. The highest BCUT2D eigenvalue weighted by atomic mass is 79.9. The molecule has 1 aromatic rings. The number of hydrogen-bond acceptors (Lipinski definition) is 2. The minimum atomic E-state index is 0.636. The summed E-state index contributed by atoms with van der Waals surface area (Å²) in [5, 5.41) is 3.62. The summed E-state index contributed by atoms with van der Waals surface area (Å²) in [6.45, 7) is 4.53. The molecule has 1 fully saturated rings. The van der Waals surface area contributed by atoms with Crippen molar-refractivity contribution in [2.24, 2.45) is 0 Å². The van der Waals surface area contributed by atoms with Crippen LogP contribution in [0, 0.1) is 6.92 Å². The Morgan fingerprint density at radius 2 is 2.00 bits per heavy atom. The quantitative estimate of drug-likeness (QED) is 0.896. The van der Waals surface area contributed by atoms with E-state index >= 15 is 0 Å². The van der Waals surface area contributed by atoms with Crippen molar-refractivity contribution in [2.45, 2.75) is 25.8 Å². The molecule has 1 aromatic carbocycles. The van der Waals surface area contributed by atoms with Crippen molar-refractivity contribution in [2.75, 3.05) is 25.5 Å². The van der Waals surface area contributed by atoms with Crippen LogP contribution < -0.4 is 5.32 Å². The lowest BCUT2D eigenvalue weighted by Gasteiger charge is -2.30. The van der Waals surface area contributed by atoms with Crippen molar-refractivity contribution in [1.29, 1.82) is 0 Å². The third-order valence-corrected chi connectivity index (χ3v) is 4.14. The summed E-state index contributed by atoms with van der Waals surface area (Å²) in [6, 6.07) is 7.11. The zero-order chi connectivity index (χ0) is 11.5. The first-order chi connectivity index (χ1) is 7.65. The zero-order valence-electron chi connectivity index (χ0n) is 9.96. The van der Waals surface area contributed by atoms with E-state index in [0.717, 1.165) is 0 Å². The molecule has 0 aromatic heterocycles. The van der Waals surface area contributed by atoms with Crippen LogP contribution in [0.15, 0.2) is 22.7 Å². The van der Waals surface area contributed by atoms with Crippen LogP contribution >= 0.6 is 15.9 Å². The molecular weight excluding hydrogens is 264 g/mol. The fraction of sp³-hybridized carbons (Fsp3) is 0.538. The molecule has 1 heterocycles. The van der Waals surface area contributed by atoms with Gasteiger partial charge in [-0.05, 0) is 63.7 Å². The van der Waals surface area contributed by atoms with Crippen molar-refractivity contribution < 1.29 is 0 Å². The molecule has 2 nitrogen and oxygen atoms in total. The van der Waals surface area contributed by atoms with Crippen LogP contribution in [0.25, 0.3) is 0 Å². The molecule has 2 rings (SSSR count). The second-order valence-corrected chi connectivity index (χ2v) is 5.54. The van der Waals surface area contributed by atoms with Crippen LogP contribution in [0.5, 0.6) is 0 Å². The average Bonchev–Trinajstić information content (AvgIpc) is 2.27. The number of rotatable bonds is 2. The van der Waals surface area contributed by atoms with E-state index < -0.39 is 0 Å². The van der Waals surface area contributed by atoms with Crippen LogP contribution in [0.3, 0.4) is 0 Å². The first kappa shape index (κ1) is 11.9. The zero-order valence-corrected chi connectivity index (χ0v) is 11.5. The molecule has 1 aliphatic heterocycles. The molecule has 0 bridgehead atoms. The topological polar surface area (TPSA) is 15.3 Å². The molecular formula is C13H19BrN2. The highest BCUT2D eigenvalue weighted by molar-refractivity contribution is 9.10. The molecule has 0 aliphatic carbocycles. The molecule has 1 aliphatic rings. The SMILES string of the molecule is Cc1cc(NC2CCN(C)CC2)ccc1Br. The maximum Gasteiger partial charge on any atom is 0.0345 e. The third-order valence-electron chi connectivity index (χ3n) is 3.25. The fourth-order valence-electron chi connectivity index (χ4n) is 2.12. The van der Waals surface area contributed by atoms with Gasteiger partial charge in [-0.2, -0.15) is 0 Å². The van der Waals surface area contributed by atoms with E-state index in [1.807, 2.05) is 0 Å². The maximum absolute atomic E-state index is 3.62. The number of nitrogens with zero attached hydrogens (tertiary/aromatic N) is 1. The van der Waals surface area contributed by atoms with E-state index in [1.54, 1.807) is 0 Å². The van der Waals surface area contributed by atoms with E-state index in [1.165, 1.54) is 41.7 Å². The van der Waals surface area contributed by atoms with Gasteiger partial charge in [-0.15, -0.1) is 0 Å². The van der Waals surface area contributed by atoms with Gasteiger partial charge in [0.1, 0.15) is 0 Å². The van der Waals surface area contributed by atoms with Crippen LogP contribution in [0.4, 0.5) is 5.69 Å². The van der Waals surface area contributed by atoms with Crippen molar-refractivity contribution in [3.8, 4) is 0 Å². The number of nitrogens with one attached hydrogen (secondary N) is 1. The van der Waals surface area contributed by atoms with Gasteiger partial charge in [-0.3, -0.25) is 0 Å². The van der Waals surface area contributed by atoms with Gasteiger partial charge in [-0.25, -0.2) is 0 Å². The van der Waals surface area contributed by atoms with Gasteiger partial charge in [0.15, 0.2) is 0 Å². The summed E-state index contributed by atoms with van der Waals surface area (Å²) in [6.07, 6.45) is 2.48. The molecule has 0 unspecified atom stereocenters. The number of benzene rings is 1. The summed E-state index contributed by atoms with van der Waals surface area (Å²) >= 11 is 3.53. The van der Waals surface area contributed by atoms with Gasteiger partial charge in [0, 0.05) is 16.2 Å². The van der Waals surface area contributed by atoms with Gasteiger partial charge in [0.05, 0.1) is 0 Å². The normalized spacial score (nSPS) is 18.7. The number of halogens is 1. The van der Waals surface area contributed by atoms with E-state index in [9.17, 15) is 0 Å². The standard InChI is InChI=1S/C13H19BrN2/c1-10-9-12(3-4-13(10)14)15-11-5-7-16(2)8-6-11/h3-4,9,11,15H,5-8H2,1-2H3. The molecule has 0 radical (unpaired) electrons. The largest absolute Gasteiger partial charge is 0.382 e. The minimum Gasteiger partial charge on any atom is -0.382 e. The molecule has 16 heavy (non-hydrogen) atoms. The van der Waals surface area contributed by atoms with Crippen LogP contribution in [-0.2, 0) is 0 Å². The van der Waals surface area contributed by atoms with Gasteiger partial charge < -0.3 is 10.2 Å². The van der Waals surface area contributed by atoms with Gasteiger partial charge in [0.2, 0.25) is 0 Å². The molecule has 88 valence electrons. The first-order valence-electron chi connectivity index (χ1n) is 5.86. The smallest absolute Gasteiger partial charge is 0.0345 e. The van der Waals surface area contributed by atoms with E-state index in [0.29, 0.717) is 6.04 Å². The van der Waals surface area contributed by atoms with Gasteiger partial charge in [-0.1, -0.05) is 15.9 Å². The van der Waals surface area contributed by atoms with Gasteiger partial charge >= 0.3 is 0 Å². The average molecular weight is 283 g/mol. The Morgan fingerprint density at radius 3 is 2.62 bits per heavy atom. The highest BCUT2D eigenvalue weighted by Gasteiger charge is 2.16. The lowest BCUT2D eigenvalue weighted by atomic mass is 10.0. The van der Waals surface area contributed by atoms with E-state index in [-0.39, 0.29) is 0 Å². The van der Waals surface area contributed by atoms with Crippen LogP contribution in [0.2, 0.25) is 0 Å². The molecule has 0 atom stereocenters. The third kappa shape index (κ3) is 2.98. The van der Waals surface area contributed by atoms with Crippen molar-refractivity contribution in [3.05, 3.63) is 28.2 Å². The molecule has 1 N–H and O–H groups in total. The maximum atomic E-state index is 3.62. The lowest BCUT2D eigenvalue weighted by Crippen LogP contribution is -2.36. The van der Waals surface area contributed by atoms with Crippen molar-refractivity contribution in [3.63, 3.8) is 0 Å². The molecule has 0 spiro atoms. The second kappa shape index (κ2) is 5.19. The van der Waals surface area contributed by atoms with E-state index in [4.69, 9.17) is 0 Å². The van der Waals surface area contributed by atoms with Crippen molar-refractivity contribution in [1.82, 2.24) is 4.90 Å². The lowest BCUT2D eigenvalue weighted by molar-refractivity contribution is 0.264. The number of piperidine rings is 1. The van der Waals surface area contributed by atoms with Crippen LogP contribution in [0.1, 0.15) is 18.4 Å². The summed E-state index contributed by atoms with van der Waals surface area (Å²) in [5.41, 5.74) is 2.54. The Labute approximate surface area is 106 Å². The Kier molecular flexibility index (Phi) is 3.87. The predicted octanol–water partition coefficient (Wildman–Crippen LogP) is 3.26. The number of anilines is 1. The molecule has 0 amide bonds. The predicted molar refractivity (Wildman–Crippen MR) is 73.0 cm³/mol. The summed E-state index contributed by atoms with van der Waals surface area (Å²) in [7, 11) is 2.19. The molecule has 3 heteroatoms. The van der Waals surface area contributed by atoms with Crippen LogP contribution in [-0.4, -0.2) is 31.1 Å². The summed E-state index contributed by atoms with van der Waals surface area (Å²) in [5.74, 6) is 0. The van der Waals surface area contributed by atoms with Gasteiger partial charge in [0.25, 0.3) is 0 Å². The number of hydrogen-bond donors (Lipinski definition) is 1. The first-order valence-corrected chi connectivity index (χ1v) is 6.65. The molecule has 0 saturated carbocycles. The summed E-state index contributed by atoms with van der Waals surface area (Å²) in [4.78, 5) is 2.39. The Bertz CT molecular complexity index is 357. The van der Waals surface area contributed by atoms with Crippen molar-refractivity contribution >= 4 is 21.6 Å². The number of likely N-dealkylation sites (tertiary alicyclic amines) is 1. The van der Waals surface area contributed by atoms with E-state index in [2.05, 4.69) is 58.3 Å². The molecule has 1 saturated heterocycles. The fourth-order valence-corrected chi connectivity index (χ4v) is 2.37. The minimum absolute atomic E-state index is 0.636. The Morgan fingerprint density at radius 1 is 1.31 bits per heavy atom. The second-order valence-electron chi connectivity index (χ2n) is 4.69.